The topological polar surface area (TPSA) is 93.1 Å². The van der Waals surface area contributed by atoms with Gasteiger partial charge in [0.1, 0.15) is 0 Å². The zero-order valence-electron chi connectivity index (χ0n) is 7.10. The molecule has 0 bridgehead atoms. The van der Waals surface area contributed by atoms with Crippen LogP contribution in [0.4, 0.5) is 0 Å². The molecule has 0 spiro atoms. The number of hydrogen-bond donors (Lipinski definition) is 2. The third kappa shape index (κ3) is 7.83. The van der Waals surface area contributed by atoms with Gasteiger partial charge in [0, 0.05) is 6.42 Å². The van der Waals surface area contributed by atoms with Gasteiger partial charge in [-0.25, -0.2) is 9.45 Å². The van der Waals surface area contributed by atoms with Crippen molar-refractivity contribution in [2.24, 2.45) is 0 Å². The Morgan fingerprint density at radius 1 is 1.54 bits per heavy atom. The Morgan fingerprint density at radius 2 is 2.08 bits per heavy atom. The minimum absolute atomic E-state index is 0.0185. The monoisotopic (exact) mass is 210 g/mol. The van der Waals surface area contributed by atoms with Gasteiger partial charge in [0.25, 0.3) is 0 Å². The van der Waals surface area contributed by atoms with Crippen LogP contribution < -0.4 is 0 Å². The van der Waals surface area contributed by atoms with Gasteiger partial charge in [0.15, 0.2) is 5.78 Å². The molecule has 13 heavy (non-hydrogen) atoms. The van der Waals surface area contributed by atoms with Crippen molar-refractivity contribution in [3.63, 3.8) is 0 Å². The molecule has 7 heteroatoms. The molecule has 0 aliphatic rings. The maximum absolute atomic E-state index is 10.8. The van der Waals surface area contributed by atoms with E-state index in [-0.39, 0.29) is 18.8 Å². The fraction of sp³-hybridized carbons (Fsp3) is 0.500. The molecule has 76 valence electrons. The fourth-order valence-corrected chi connectivity index (χ4v) is 0.666. The Balaban J connectivity index is 3.53. The van der Waals surface area contributed by atoms with E-state index in [1.165, 1.54) is 6.92 Å². The Morgan fingerprint density at radius 3 is 2.46 bits per heavy atom. The van der Waals surface area contributed by atoms with E-state index in [2.05, 4.69) is 16.1 Å². The lowest BCUT2D eigenvalue weighted by atomic mass is 10.2. The number of allylic oxidation sites excluding steroid dienone is 1. The lowest BCUT2D eigenvalue weighted by Gasteiger charge is -2.03. The molecule has 0 aromatic heterocycles. The summed E-state index contributed by atoms with van der Waals surface area (Å²) < 4.78 is 13.7. The minimum Gasteiger partial charge on any atom is -0.301 e. The first-order valence-electron chi connectivity index (χ1n) is 3.38. The number of carbonyl (C=O) groups is 1. The van der Waals surface area contributed by atoms with E-state index >= 15 is 0 Å². The number of rotatable bonds is 6. The van der Waals surface area contributed by atoms with Crippen LogP contribution in [0.25, 0.3) is 0 Å². The smallest absolute Gasteiger partial charge is 0.301 e. The van der Waals surface area contributed by atoms with Gasteiger partial charge in [-0.15, -0.1) is 4.67 Å². The molecule has 6 nitrogen and oxygen atoms in total. The predicted molar refractivity (Wildman–Crippen MR) is 43.5 cm³/mol. The Kier molecular flexibility index (Phi) is 5.05. The van der Waals surface area contributed by atoms with Crippen molar-refractivity contribution in [2.75, 3.05) is 6.61 Å². The van der Waals surface area contributed by atoms with Crippen LogP contribution in [0.1, 0.15) is 13.3 Å². The van der Waals surface area contributed by atoms with Crippen molar-refractivity contribution < 1.29 is 28.7 Å². The summed E-state index contributed by atoms with van der Waals surface area (Å²) in [6.07, 6.45) is -0.0185. The maximum Gasteiger partial charge on any atom is 0.496 e. The first kappa shape index (κ1) is 12.5. The maximum atomic E-state index is 10.8. The molecule has 0 rings (SSSR count). The van der Waals surface area contributed by atoms with Crippen LogP contribution in [0.5, 0.6) is 0 Å². The molecule has 0 amide bonds. The van der Waals surface area contributed by atoms with Crippen LogP contribution >= 0.6 is 7.82 Å². The number of phosphoric acid groups is 1. The van der Waals surface area contributed by atoms with Crippen LogP contribution in [0.2, 0.25) is 0 Å². The molecule has 0 fully saturated rings. The Bertz CT molecular complexity index is 242. The standard InChI is InChI=1S/C6H11O6P/c1-5(2)6(7)3-4-11-12-13(8,9)10/h1,3-4H2,2H3,(H2,8,9,10). The summed E-state index contributed by atoms with van der Waals surface area (Å²) in [7, 11) is -4.61. The Labute approximate surface area is 75.3 Å². The molecule has 0 aromatic carbocycles. The van der Waals surface area contributed by atoms with Crippen molar-refractivity contribution >= 4 is 13.6 Å². The molecule has 0 heterocycles. The highest BCUT2D eigenvalue weighted by atomic mass is 31.2. The third-order valence-corrected chi connectivity index (χ3v) is 1.34. The summed E-state index contributed by atoms with van der Waals surface area (Å²) in [6, 6.07) is 0. The van der Waals surface area contributed by atoms with E-state index < -0.39 is 7.82 Å². The summed E-state index contributed by atoms with van der Waals surface area (Å²) in [6.45, 7) is 4.71. The average molecular weight is 210 g/mol. The minimum atomic E-state index is -4.61. The SMILES string of the molecule is C=C(C)C(=O)CCOOP(=O)(O)O. The number of Topliss-reactive ketones (excluding diaryl/α,β-unsaturated/α-hetero) is 1. The predicted octanol–water partition coefficient (Wildman–Crippen LogP) is 0.563. The molecule has 2 N–H and O–H groups in total. The van der Waals surface area contributed by atoms with Gasteiger partial charge in [0.2, 0.25) is 0 Å². The molecule has 0 aliphatic carbocycles. The van der Waals surface area contributed by atoms with Crippen LogP contribution in [0, 0.1) is 0 Å². The normalized spacial score (nSPS) is 11.3. The van der Waals surface area contributed by atoms with Crippen molar-refractivity contribution in [2.45, 2.75) is 13.3 Å². The lowest BCUT2D eigenvalue weighted by molar-refractivity contribution is -0.221. The van der Waals surface area contributed by atoms with E-state index in [0.717, 1.165) is 0 Å². The van der Waals surface area contributed by atoms with E-state index in [4.69, 9.17) is 9.79 Å². The van der Waals surface area contributed by atoms with Gasteiger partial charge in [-0.1, -0.05) is 6.58 Å². The van der Waals surface area contributed by atoms with Crippen LogP contribution in [-0.2, 0) is 18.9 Å². The molecule has 0 aliphatic heterocycles. The first-order valence-corrected chi connectivity index (χ1v) is 4.91. The zero-order chi connectivity index (χ0) is 10.5. The van der Waals surface area contributed by atoms with Gasteiger partial charge >= 0.3 is 7.82 Å². The highest BCUT2D eigenvalue weighted by Gasteiger charge is 2.15. The average Bonchev–Trinajstić information content (AvgIpc) is 1.95. The second-order valence-corrected chi connectivity index (χ2v) is 3.47. The molecular weight excluding hydrogens is 199 g/mol. The molecule has 0 unspecified atom stereocenters. The lowest BCUT2D eigenvalue weighted by Crippen LogP contribution is -2.04. The molecule has 0 saturated heterocycles. The van der Waals surface area contributed by atoms with E-state index in [0.29, 0.717) is 5.57 Å². The molecule has 0 saturated carbocycles. The molecule has 0 aromatic rings. The van der Waals surface area contributed by atoms with Gasteiger partial charge < -0.3 is 9.79 Å². The number of ketones is 1. The molecule has 0 radical (unpaired) electrons. The van der Waals surface area contributed by atoms with E-state index in [1.807, 2.05) is 0 Å². The van der Waals surface area contributed by atoms with Gasteiger partial charge in [-0.2, -0.15) is 0 Å². The first-order chi connectivity index (χ1) is 5.83. The number of carbonyl (C=O) groups excluding carboxylic acids is 1. The second-order valence-electron chi connectivity index (χ2n) is 2.34. The van der Waals surface area contributed by atoms with Gasteiger partial charge in [-0.3, -0.25) is 4.79 Å². The zero-order valence-corrected chi connectivity index (χ0v) is 7.99. The van der Waals surface area contributed by atoms with Crippen molar-refractivity contribution in [1.82, 2.24) is 0 Å². The fourth-order valence-electron chi connectivity index (χ4n) is 0.454. The van der Waals surface area contributed by atoms with Crippen molar-refractivity contribution in [3.05, 3.63) is 12.2 Å². The largest absolute Gasteiger partial charge is 0.496 e. The second kappa shape index (κ2) is 5.26. The van der Waals surface area contributed by atoms with E-state index in [1.54, 1.807) is 0 Å². The van der Waals surface area contributed by atoms with Crippen LogP contribution in [0.3, 0.4) is 0 Å². The summed E-state index contributed by atoms with van der Waals surface area (Å²) in [5.41, 5.74) is 0.361. The third-order valence-electron chi connectivity index (χ3n) is 1.04. The van der Waals surface area contributed by atoms with Crippen molar-refractivity contribution in [3.8, 4) is 0 Å². The van der Waals surface area contributed by atoms with Crippen LogP contribution in [-0.4, -0.2) is 22.2 Å². The summed E-state index contributed by atoms with van der Waals surface area (Å²) >= 11 is 0. The summed E-state index contributed by atoms with van der Waals surface area (Å²) in [5.74, 6) is -0.241. The van der Waals surface area contributed by atoms with Crippen LogP contribution in [0.15, 0.2) is 12.2 Å². The van der Waals surface area contributed by atoms with Crippen molar-refractivity contribution in [1.29, 1.82) is 0 Å². The summed E-state index contributed by atoms with van der Waals surface area (Å²) in [4.78, 5) is 31.2. The molecule has 0 atom stereocenters. The highest BCUT2D eigenvalue weighted by molar-refractivity contribution is 7.46. The summed E-state index contributed by atoms with van der Waals surface area (Å²) in [5, 5.41) is 0. The highest BCUT2D eigenvalue weighted by Crippen LogP contribution is 2.35. The molecular formula is C6H11O6P. The number of hydrogen-bond acceptors (Lipinski definition) is 4. The Hall–Kier alpha value is -0.520. The van der Waals surface area contributed by atoms with E-state index in [9.17, 15) is 9.36 Å². The van der Waals surface area contributed by atoms with Gasteiger partial charge in [0.05, 0.1) is 6.61 Å². The van der Waals surface area contributed by atoms with Gasteiger partial charge in [-0.05, 0) is 12.5 Å². The quantitative estimate of drug-likeness (QED) is 0.219.